The van der Waals surface area contributed by atoms with Gasteiger partial charge in [-0.2, -0.15) is 4.31 Å². The van der Waals surface area contributed by atoms with Gasteiger partial charge in [0.05, 0.1) is 16.5 Å². The number of amides is 1. The summed E-state index contributed by atoms with van der Waals surface area (Å²) in [4.78, 5) is 25.9. The smallest absolute Gasteiger partial charge is 0.272 e. The lowest BCUT2D eigenvalue weighted by atomic mass is 10.0. The van der Waals surface area contributed by atoms with Crippen molar-refractivity contribution in [2.45, 2.75) is 55.7 Å². The van der Waals surface area contributed by atoms with Gasteiger partial charge in [0.25, 0.3) is 11.5 Å². The molecule has 3 N–H and O–H groups in total. The Labute approximate surface area is 216 Å². The van der Waals surface area contributed by atoms with Gasteiger partial charge < -0.3 is 4.74 Å². The van der Waals surface area contributed by atoms with Gasteiger partial charge in [-0.25, -0.2) is 27.4 Å². The van der Waals surface area contributed by atoms with Crippen LogP contribution in [0.5, 0.6) is 5.75 Å². The summed E-state index contributed by atoms with van der Waals surface area (Å²) in [7, 11) is -4.29. The van der Waals surface area contributed by atoms with Crippen molar-refractivity contribution in [3.63, 3.8) is 0 Å². The third-order valence-corrected chi connectivity index (χ3v) is 8.94. The van der Waals surface area contributed by atoms with Crippen LogP contribution >= 0.6 is 0 Å². The van der Waals surface area contributed by atoms with Crippen LogP contribution in [0.15, 0.2) is 52.2 Å². The summed E-state index contributed by atoms with van der Waals surface area (Å²) in [6.45, 7) is -0.299. The van der Waals surface area contributed by atoms with E-state index in [2.05, 4.69) is 5.10 Å². The molecule has 1 amide bonds. The average Bonchev–Trinajstić information content (AvgIpc) is 3.55. The minimum Gasteiger partial charge on any atom is -0.489 e. The summed E-state index contributed by atoms with van der Waals surface area (Å²) in [5, 5.41) is 12.5. The van der Waals surface area contributed by atoms with Crippen LogP contribution in [0, 0.1) is 11.6 Å². The molecular formula is C25H26F2N4O6S. The van der Waals surface area contributed by atoms with E-state index in [1.165, 1.54) is 40.5 Å². The third-order valence-electron chi connectivity index (χ3n) is 7.06. The highest BCUT2D eigenvalue weighted by Gasteiger charge is 2.44. The summed E-state index contributed by atoms with van der Waals surface area (Å²) in [6, 6.07) is 6.76. The molecule has 10 nitrogen and oxygen atoms in total. The van der Waals surface area contributed by atoms with Gasteiger partial charge in [-0.1, -0.05) is 12.8 Å². The standard InChI is InChI=1S/C25H26F2N4O6S/c26-16-6-5-15(20(27)13-16)14-37-18-7-9-19(10-8-18)38(35,36)30-12-11-21-22(23(30)24(32)29-34)25(33)31(28-21)17-3-1-2-4-17/h5-10,13,17,23,28,34H,1-4,11-12,14H2,(H,29,32). The number of sulfonamides is 1. The first-order valence-corrected chi connectivity index (χ1v) is 13.6. The first-order chi connectivity index (χ1) is 18.2. The highest BCUT2D eigenvalue weighted by atomic mass is 32.2. The normalized spacial score (nSPS) is 18.3. The van der Waals surface area contributed by atoms with E-state index in [1.54, 1.807) is 0 Å². The Morgan fingerprint density at radius 1 is 1.13 bits per heavy atom. The Kier molecular flexibility index (Phi) is 7.07. The van der Waals surface area contributed by atoms with Crippen LogP contribution in [-0.4, -0.2) is 40.2 Å². The Morgan fingerprint density at radius 2 is 1.84 bits per heavy atom. The van der Waals surface area contributed by atoms with Crippen LogP contribution in [0.1, 0.15) is 54.6 Å². The van der Waals surface area contributed by atoms with Crippen molar-refractivity contribution >= 4 is 15.9 Å². The molecule has 1 aliphatic carbocycles. The fraction of sp³-hybridized carbons (Fsp3) is 0.360. The van der Waals surface area contributed by atoms with Gasteiger partial charge in [0, 0.05) is 30.3 Å². The molecule has 1 aliphatic heterocycles. The number of carbonyl (C=O) groups excluding carboxylic acids is 1. The van der Waals surface area contributed by atoms with E-state index in [9.17, 15) is 32.0 Å². The number of carbonyl (C=O) groups is 1. The quantitative estimate of drug-likeness (QED) is 0.307. The molecule has 2 heterocycles. The second-order valence-corrected chi connectivity index (χ2v) is 11.2. The van der Waals surface area contributed by atoms with E-state index in [1.807, 2.05) is 0 Å². The molecule has 1 aromatic heterocycles. The zero-order chi connectivity index (χ0) is 27.0. The molecule has 1 saturated carbocycles. The van der Waals surface area contributed by atoms with E-state index in [0.29, 0.717) is 5.69 Å². The van der Waals surface area contributed by atoms with Crippen LogP contribution in [0.4, 0.5) is 8.78 Å². The summed E-state index contributed by atoms with van der Waals surface area (Å²) >= 11 is 0. The Morgan fingerprint density at radius 3 is 2.50 bits per heavy atom. The molecule has 13 heteroatoms. The minimum atomic E-state index is -4.29. The maximum absolute atomic E-state index is 13.9. The third kappa shape index (κ3) is 4.72. The van der Waals surface area contributed by atoms with Gasteiger partial charge in [0.1, 0.15) is 30.0 Å². The number of aromatic amines is 1. The largest absolute Gasteiger partial charge is 0.489 e. The second-order valence-electron chi connectivity index (χ2n) is 9.36. The fourth-order valence-electron chi connectivity index (χ4n) is 5.13. The molecule has 2 aliphatic rings. The molecular weight excluding hydrogens is 522 g/mol. The van der Waals surface area contributed by atoms with Crippen molar-refractivity contribution in [1.29, 1.82) is 0 Å². The first-order valence-electron chi connectivity index (χ1n) is 12.2. The predicted molar refractivity (Wildman–Crippen MR) is 130 cm³/mol. The van der Waals surface area contributed by atoms with Crippen LogP contribution in [0.25, 0.3) is 0 Å². The number of ether oxygens (including phenoxy) is 1. The molecule has 5 rings (SSSR count). The van der Waals surface area contributed by atoms with Crippen LogP contribution in [-0.2, 0) is 27.8 Å². The van der Waals surface area contributed by atoms with Gasteiger partial charge in [-0.05, 0) is 49.2 Å². The highest BCUT2D eigenvalue weighted by Crippen LogP contribution is 2.35. The number of fused-ring (bicyclic) bond motifs is 1. The lowest BCUT2D eigenvalue weighted by molar-refractivity contribution is -0.133. The molecule has 0 saturated heterocycles. The number of halogens is 2. The fourth-order valence-corrected chi connectivity index (χ4v) is 6.69. The molecule has 0 spiro atoms. The predicted octanol–water partition coefficient (Wildman–Crippen LogP) is 2.94. The van der Waals surface area contributed by atoms with E-state index in [-0.39, 0.29) is 47.4 Å². The van der Waals surface area contributed by atoms with Crippen LogP contribution in [0.3, 0.4) is 0 Å². The van der Waals surface area contributed by atoms with Crippen LogP contribution < -0.4 is 15.8 Å². The number of H-pyrrole nitrogens is 1. The summed E-state index contributed by atoms with van der Waals surface area (Å²) < 4.78 is 62.0. The van der Waals surface area contributed by atoms with Crippen molar-refractivity contribution in [1.82, 2.24) is 19.6 Å². The van der Waals surface area contributed by atoms with Crippen molar-refractivity contribution < 1.29 is 31.9 Å². The van der Waals surface area contributed by atoms with Gasteiger partial charge in [-0.15, -0.1) is 0 Å². The molecule has 1 unspecified atom stereocenters. The summed E-state index contributed by atoms with van der Waals surface area (Å²) in [5.74, 6) is -2.27. The first kappa shape index (κ1) is 26.1. The number of aromatic nitrogens is 2. The minimum absolute atomic E-state index is 0.000414. The molecule has 1 fully saturated rings. The summed E-state index contributed by atoms with van der Waals surface area (Å²) in [5.41, 5.74) is 1.62. The Bertz CT molecular complexity index is 1510. The van der Waals surface area contributed by atoms with Gasteiger partial charge >= 0.3 is 0 Å². The van der Waals surface area contributed by atoms with E-state index in [0.717, 1.165) is 42.1 Å². The number of hydrogen-bond donors (Lipinski definition) is 3. The topological polar surface area (TPSA) is 134 Å². The lowest BCUT2D eigenvalue weighted by Gasteiger charge is -2.32. The number of nitrogens with one attached hydrogen (secondary N) is 2. The number of nitrogens with zero attached hydrogens (tertiary/aromatic N) is 2. The molecule has 0 bridgehead atoms. The van der Waals surface area contributed by atoms with E-state index in [4.69, 9.17) is 4.74 Å². The molecule has 202 valence electrons. The number of rotatable bonds is 7. The SMILES string of the molecule is O=C(NO)C1c2c([nH]n(C3CCCC3)c2=O)CCN1S(=O)(=O)c1ccc(OCc2ccc(F)cc2F)cc1. The van der Waals surface area contributed by atoms with Gasteiger partial charge in [0.2, 0.25) is 10.0 Å². The Hall–Kier alpha value is -3.55. The summed E-state index contributed by atoms with van der Waals surface area (Å²) in [6.07, 6.45) is 3.74. The average molecular weight is 549 g/mol. The zero-order valence-corrected chi connectivity index (χ0v) is 21.0. The maximum Gasteiger partial charge on any atom is 0.272 e. The van der Waals surface area contributed by atoms with Crippen LogP contribution in [0.2, 0.25) is 0 Å². The lowest BCUT2D eigenvalue weighted by Crippen LogP contribution is -2.48. The molecule has 3 aromatic rings. The van der Waals surface area contributed by atoms with Crippen molar-refractivity contribution in [2.75, 3.05) is 6.54 Å². The van der Waals surface area contributed by atoms with Crippen molar-refractivity contribution in [2.24, 2.45) is 0 Å². The van der Waals surface area contributed by atoms with Crippen molar-refractivity contribution in [3.8, 4) is 5.75 Å². The molecule has 1 atom stereocenters. The number of benzene rings is 2. The maximum atomic E-state index is 13.9. The van der Waals surface area contributed by atoms with E-state index < -0.39 is 39.2 Å². The molecule has 38 heavy (non-hydrogen) atoms. The molecule has 2 aromatic carbocycles. The van der Waals surface area contributed by atoms with Gasteiger partial charge in [-0.3, -0.25) is 19.9 Å². The highest BCUT2D eigenvalue weighted by molar-refractivity contribution is 7.89. The number of hydroxylamine groups is 1. The molecule has 0 radical (unpaired) electrons. The second kappa shape index (κ2) is 10.3. The van der Waals surface area contributed by atoms with Crippen molar-refractivity contribution in [3.05, 3.63) is 81.3 Å². The Balaban J connectivity index is 1.40. The van der Waals surface area contributed by atoms with E-state index >= 15 is 0 Å². The van der Waals surface area contributed by atoms with Gasteiger partial charge in [0.15, 0.2) is 0 Å². The zero-order valence-electron chi connectivity index (χ0n) is 20.2. The monoisotopic (exact) mass is 548 g/mol. The number of hydrogen-bond acceptors (Lipinski definition) is 6.